The maximum Gasteiger partial charge on any atom is 0.294 e. The van der Waals surface area contributed by atoms with E-state index in [4.69, 9.17) is 9.47 Å². The van der Waals surface area contributed by atoms with Gasteiger partial charge in [-0.05, 0) is 19.9 Å². The van der Waals surface area contributed by atoms with E-state index < -0.39 is 17.1 Å². The second-order valence-electron chi connectivity index (χ2n) is 10.2. The van der Waals surface area contributed by atoms with E-state index in [0.717, 1.165) is 0 Å². The second-order valence-corrected chi connectivity index (χ2v) is 11.1. The number of carbonyl (C=O) groups excluding carboxylic acids is 2. The Hall–Kier alpha value is -3.53. The third-order valence-electron chi connectivity index (χ3n) is 7.15. The van der Waals surface area contributed by atoms with Crippen LogP contribution in [0, 0.1) is 10.1 Å². The minimum Gasteiger partial charge on any atom is -0.377 e. The Kier molecular flexibility index (Phi) is 7.81. The zero-order chi connectivity index (χ0) is 28.7. The lowest BCUT2D eigenvalue weighted by Crippen LogP contribution is -2.48. The van der Waals surface area contributed by atoms with Crippen LogP contribution in [0.3, 0.4) is 0 Å². The molecule has 2 saturated heterocycles. The van der Waals surface area contributed by atoms with Crippen LogP contribution in [-0.2, 0) is 9.47 Å². The highest BCUT2D eigenvalue weighted by atomic mass is 79.9. The number of fused-ring (bicyclic) bond motifs is 1. The first-order valence-corrected chi connectivity index (χ1v) is 13.6. The first-order valence-electron chi connectivity index (χ1n) is 12.8. The highest BCUT2D eigenvalue weighted by Crippen LogP contribution is 2.36. The van der Waals surface area contributed by atoms with Gasteiger partial charge in [0, 0.05) is 57.1 Å². The van der Waals surface area contributed by atoms with Crippen molar-refractivity contribution in [1.82, 2.24) is 19.9 Å². The number of pyridine rings is 1. The molecule has 3 N–H and O–H groups in total. The Morgan fingerprint density at radius 3 is 2.45 bits per heavy atom. The van der Waals surface area contributed by atoms with Crippen LogP contribution in [0.2, 0.25) is 0 Å². The second kappa shape index (κ2) is 11.2. The monoisotopic (exact) mass is 618 g/mol. The van der Waals surface area contributed by atoms with Crippen molar-refractivity contribution in [3.63, 3.8) is 0 Å². The fraction of sp³-hybridized carbons (Fsp3) is 0.480. The number of rotatable bonds is 6. The summed E-state index contributed by atoms with van der Waals surface area (Å²) in [5.41, 5.74) is 7.79. The number of likely N-dealkylation sites (tertiary alicyclic amines) is 1. The van der Waals surface area contributed by atoms with E-state index in [1.165, 1.54) is 19.4 Å². The Morgan fingerprint density at radius 2 is 1.77 bits per heavy atom. The molecule has 214 valence electrons. The predicted molar refractivity (Wildman–Crippen MR) is 150 cm³/mol. The smallest absolute Gasteiger partial charge is 0.294 e. The number of halogens is 1. The molecule has 2 fully saturated rings. The molecule has 15 heteroatoms. The lowest BCUT2D eigenvalue weighted by molar-refractivity contribution is -0.384. The normalized spacial score (nSPS) is 24.3. The van der Waals surface area contributed by atoms with Crippen LogP contribution in [-0.4, -0.2) is 101 Å². The van der Waals surface area contributed by atoms with Crippen molar-refractivity contribution in [2.45, 2.75) is 38.2 Å². The minimum absolute atomic E-state index is 0.0844. The highest BCUT2D eigenvalue weighted by Gasteiger charge is 2.40. The number of ether oxygens (including phenoxy) is 2. The molecule has 1 aromatic carbocycles. The number of hydrogen-bond acceptors (Lipinski definition) is 11. The van der Waals surface area contributed by atoms with Crippen molar-refractivity contribution in [3.8, 4) is 0 Å². The molecule has 1 aromatic heterocycles. The van der Waals surface area contributed by atoms with E-state index in [9.17, 15) is 19.7 Å². The van der Waals surface area contributed by atoms with Crippen LogP contribution in [0.4, 0.5) is 22.7 Å². The van der Waals surface area contributed by atoms with Gasteiger partial charge in [-0.25, -0.2) is 0 Å². The number of anilines is 3. The van der Waals surface area contributed by atoms with Gasteiger partial charge in [0.2, 0.25) is 0 Å². The number of benzene rings is 1. The summed E-state index contributed by atoms with van der Waals surface area (Å²) in [5.74, 6) is -0.611. The van der Waals surface area contributed by atoms with Crippen LogP contribution < -0.4 is 16.2 Å². The first kappa shape index (κ1) is 28.0. The minimum atomic E-state index is -0.526. The summed E-state index contributed by atoms with van der Waals surface area (Å²) >= 11 is 3.33. The SMILES string of the molecule is CO[C@H]1CN(C(=O)c2cncc3c2NN(C)N3)C[C@@H]1Nc1c(C(=O)N2C[C@@H](C)O[C@@H](C)C2)cc(Br)cc1[N+](=O)[O-]. The molecule has 0 spiro atoms. The highest BCUT2D eigenvalue weighted by molar-refractivity contribution is 9.10. The number of methoxy groups -OCH3 is 1. The zero-order valence-electron chi connectivity index (χ0n) is 22.5. The summed E-state index contributed by atoms with van der Waals surface area (Å²) in [6, 6.07) is 2.41. The summed E-state index contributed by atoms with van der Waals surface area (Å²) in [5, 5.41) is 17.0. The van der Waals surface area contributed by atoms with Crippen LogP contribution in [0.25, 0.3) is 0 Å². The summed E-state index contributed by atoms with van der Waals surface area (Å²) in [7, 11) is 3.29. The maximum atomic E-state index is 13.7. The predicted octanol–water partition coefficient (Wildman–Crippen LogP) is 2.55. The molecule has 0 bridgehead atoms. The number of nitrogens with zero attached hydrogens (tertiary/aromatic N) is 5. The number of nitrogens with one attached hydrogen (secondary N) is 3. The number of carbonyl (C=O) groups is 2. The van der Waals surface area contributed by atoms with E-state index in [2.05, 4.69) is 37.1 Å². The lowest BCUT2D eigenvalue weighted by atomic mass is 10.1. The largest absolute Gasteiger partial charge is 0.377 e. The van der Waals surface area contributed by atoms with Gasteiger partial charge < -0.3 is 24.6 Å². The molecule has 3 aliphatic rings. The Balaban J connectivity index is 1.44. The Labute approximate surface area is 239 Å². The van der Waals surface area contributed by atoms with Gasteiger partial charge in [0.05, 0.1) is 58.0 Å². The lowest BCUT2D eigenvalue weighted by Gasteiger charge is -2.35. The molecule has 40 heavy (non-hydrogen) atoms. The summed E-state index contributed by atoms with van der Waals surface area (Å²) in [6.07, 6.45) is 2.29. The van der Waals surface area contributed by atoms with Gasteiger partial charge in [0.15, 0.2) is 0 Å². The van der Waals surface area contributed by atoms with E-state index in [1.54, 1.807) is 34.2 Å². The molecule has 2 amide bonds. The Bertz CT molecular complexity index is 1330. The third kappa shape index (κ3) is 5.41. The molecule has 4 atom stereocenters. The van der Waals surface area contributed by atoms with E-state index in [1.807, 2.05) is 13.8 Å². The fourth-order valence-electron chi connectivity index (χ4n) is 5.45. The molecular weight excluding hydrogens is 588 g/mol. The number of aromatic nitrogens is 1. The molecule has 3 aliphatic heterocycles. The van der Waals surface area contributed by atoms with Crippen molar-refractivity contribution < 1.29 is 24.0 Å². The standard InChI is InChI=1S/C25H31BrN8O6/c1-13-9-32(10-14(2)40-13)24(35)16-5-15(26)6-20(34(37)38)23(16)28-19-11-33(12-21(19)39-4)25(36)17-7-27-8-18-22(17)30-31(3)29-18/h5-8,13-14,19,21,28-30H,9-12H2,1-4H3/t13-,14+,19-,21-/m0/s1. The van der Waals surface area contributed by atoms with Crippen molar-refractivity contribution in [2.75, 3.05) is 56.5 Å². The van der Waals surface area contributed by atoms with Crippen molar-refractivity contribution in [1.29, 1.82) is 0 Å². The third-order valence-corrected chi connectivity index (χ3v) is 7.60. The van der Waals surface area contributed by atoms with Crippen molar-refractivity contribution in [3.05, 3.63) is 50.2 Å². The maximum absolute atomic E-state index is 13.7. The molecule has 5 rings (SSSR count). The first-order chi connectivity index (χ1) is 19.0. The van der Waals surface area contributed by atoms with Gasteiger partial charge in [-0.1, -0.05) is 15.9 Å². The molecule has 0 aliphatic carbocycles. The molecule has 2 aromatic rings. The zero-order valence-corrected chi connectivity index (χ0v) is 24.1. The average Bonchev–Trinajstić information content (AvgIpc) is 3.49. The van der Waals surface area contributed by atoms with Gasteiger partial charge in [0.1, 0.15) is 5.69 Å². The van der Waals surface area contributed by atoms with Gasteiger partial charge in [-0.2, -0.15) is 0 Å². The van der Waals surface area contributed by atoms with Crippen LogP contribution in [0.5, 0.6) is 0 Å². The molecule has 0 radical (unpaired) electrons. The van der Waals surface area contributed by atoms with Crippen LogP contribution in [0.15, 0.2) is 29.0 Å². The quantitative estimate of drug-likeness (QED) is 0.323. The van der Waals surface area contributed by atoms with Gasteiger partial charge in [-0.3, -0.25) is 35.5 Å². The molecular formula is C25H31BrN8O6. The fourth-order valence-corrected chi connectivity index (χ4v) is 5.89. The summed E-state index contributed by atoms with van der Waals surface area (Å²) < 4.78 is 11.9. The number of morpholine rings is 1. The molecule has 0 unspecified atom stereocenters. The summed E-state index contributed by atoms with van der Waals surface area (Å²) in [4.78, 5) is 46.3. The number of nitro benzene ring substituents is 1. The molecule has 0 saturated carbocycles. The van der Waals surface area contributed by atoms with Crippen molar-refractivity contribution >= 4 is 50.5 Å². The average molecular weight is 619 g/mol. The van der Waals surface area contributed by atoms with Crippen molar-refractivity contribution in [2.24, 2.45) is 0 Å². The molecule has 14 nitrogen and oxygen atoms in total. The topological polar surface area (TPSA) is 154 Å². The van der Waals surface area contributed by atoms with Crippen LogP contribution >= 0.6 is 15.9 Å². The summed E-state index contributed by atoms with van der Waals surface area (Å²) in [6.45, 7) is 4.93. The van der Waals surface area contributed by atoms with Gasteiger partial charge >= 0.3 is 0 Å². The van der Waals surface area contributed by atoms with E-state index >= 15 is 0 Å². The Morgan fingerprint density at radius 1 is 1.10 bits per heavy atom. The van der Waals surface area contributed by atoms with Gasteiger partial charge in [-0.15, -0.1) is 5.12 Å². The van der Waals surface area contributed by atoms with E-state index in [0.29, 0.717) is 34.5 Å². The van der Waals surface area contributed by atoms with Crippen LogP contribution in [0.1, 0.15) is 34.6 Å². The number of amides is 2. The number of nitro groups is 1. The molecule has 4 heterocycles. The number of hydrogen-bond donors (Lipinski definition) is 3. The van der Waals surface area contributed by atoms with Gasteiger partial charge in [0.25, 0.3) is 17.5 Å². The van der Waals surface area contributed by atoms with E-state index in [-0.39, 0.29) is 54.1 Å². The number of hydrazine groups is 2.